The quantitative estimate of drug-likeness (QED) is 0.696. The molecule has 25 heavy (non-hydrogen) atoms. The smallest absolute Gasteiger partial charge is 0.325 e. The van der Waals surface area contributed by atoms with E-state index >= 15 is 0 Å². The van der Waals surface area contributed by atoms with Crippen molar-refractivity contribution < 1.29 is 19.5 Å². The molecule has 3 rings (SSSR count). The van der Waals surface area contributed by atoms with Crippen LogP contribution in [0.3, 0.4) is 0 Å². The van der Waals surface area contributed by atoms with Crippen LogP contribution in [0.4, 0.5) is 4.79 Å². The molecule has 2 aliphatic rings. The summed E-state index contributed by atoms with van der Waals surface area (Å²) in [4.78, 5) is 40.0. The summed E-state index contributed by atoms with van der Waals surface area (Å²) < 4.78 is 0. The number of hydrogen-bond acceptors (Lipinski definition) is 5. The number of aliphatic hydroxyl groups excluding tert-OH is 1. The van der Waals surface area contributed by atoms with E-state index in [4.69, 9.17) is 0 Å². The van der Waals surface area contributed by atoms with Crippen LogP contribution in [0.1, 0.15) is 11.7 Å². The normalized spacial score (nSPS) is 19.9. The monoisotopic (exact) mass is 346 g/mol. The molecule has 134 valence electrons. The molecule has 2 fully saturated rings. The summed E-state index contributed by atoms with van der Waals surface area (Å²) in [6, 6.07) is 8.97. The number of nitrogens with one attached hydrogen (secondary N) is 1. The third-order valence-corrected chi connectivity index (χ3v) is 4.57. The molecule has 2 N–H and O–H groups in total. The van der Waals surface area contributed by atoms with Gasteiger partial charge in [-0.1, -0.05) is 30.3 Å². The second-order valence-corrected chi connectivity index (χ2v) is 6.25. The number of benzene rings is 1. The SMILES string of the molecule is O=C(CN1C(=O)CNC1=O)N1CCN(C[C@H](O)c2ccccc2)CC1. The van der Waals surface area contributed by atoms with Gasteiger partial charge in [0.05, 0.1) is 12.6 Å². The van der Waals surface area contributed by atoms with E-state index in [2.05, 4.69) is 10.2 Å². The molecule has 0 spiro atoms. The molecule has 2 saturated heterocycles. The van der Waals surface area contributed by atoms with E-state index in [0.29, 0.717) is 32.7 Å². The topological polar surface area (TPSA) is 93.2 Å². The number of carbonyl (C=O) groups excluding carboxylic acids is 3. The Hall–Kier alpha value is -2.45. The molecule has 1 aromatic carbocycles. The van der Waals surface area contributed by atoms with Crippen molar-refractivity contribution in [3.05, 3.63) is 35.9 Å². The Labute approximate surface area is 146 Å². The predicted molar refractivity (Wildman–Crippen MR) is 89.5 cm³/mol. The fraction of sp³-hybridized carbons (Fsp3) is 0.471. The number of carbonyl (C=O) groups is 3. The minimum atomic E-state index is -0.561. The Morgan fingerprint density at radius 3 is 2.40 bits per heavy atom. The summed E-state index contributed by atoms with van der Waals surface area (Å²) in [5.41, 5.74) is 0.875. The number of urea groups is 1. The van der Waals surface area contributed by atoms with Crippen molar-refractivity contribution >= 4 is 17.8 Å². The summed E-state index contributed by atoms with van der Waals surface area (Å²) in [5, 5.41) is 12.7. The largest absolute Gasteiger partial charge is 0.387 e. The van der Waals surface area contributed by atoms with Crippen LogP contribution in [0.15, 0.2) is 30.3 Å². The molecule has 2 heterocycles. The highest BCUT2D eigenvalue weighted by atomic mass is 16.3. The lowest BCUT2D eigenvalue weighted by molar-refractivity contribution is -0.137. The van der Waals surface area contributed by atoms with Crippen LogP contribution in [0.25, 0.3) is 0 Å². The molecule has 1 atom stereocenters. The summed E-state index contributed by atoms with van der Waals surface area (Å²) in [6.45, 7) is 2.59. The van der Waals surface area contributed by atoms with Crippen LogP contribution in [0, 0.1) is 0 Å². The van der Waals surface area contributed by atoms with Gasteiger partial charge in [-0.05, 0) is 5.56 Å². The van der Waals surface area contributed by atoms with Crippen LogP contribution >= 0.6 is 0 Å². The first-order chi connectivity index (χ1) is 12.0. The summed E-state index contributed by atoms with van der Waals surface area (Å²) in [5.74, 6) is -0.600. The van der Waals surface area contributed by atoms with Crippen molar-refractivity contribution in [2.75, 3.05) is 45.8 Å². The van der Waals surface area contributed by atoms with Crippen molar-refractivity contribution in [3.8, 4) is 0 Å². The number of rotatable bonds is 5. The van der Waals surface area contributed by atoms with Gasteiger partial charge in [-0.15, -0.1) is 0 Å². The van der Waals surface area contributed by atoms with Crippen molar-refractivity contribution in [2.24, 2.45) is 0 Å². The average Bonchev–Trinajstić information content (AvgIpc) is 2.95. The lowest BCUT2D eigenvalue weighted by Gasteiger charge is -2.36. The zero-order valence-electron chi connectivity index (χ0n) is 13.9. The molecule has 8 heteroatoms. The number of amides is 4. The van der Waals surface area contributed by atoms with Gasteiger partial charge in [0.15, 0.2) is 0 Å². The Bertz CT molecular complexity index is 627. The van der Waals surface area contributed by atoms with Crippen molar-refractivity contribution in [1.29, 1.82) is 0 Å². The number of piperazine rings is 1. The van der Waals surface area contributed by atoms with E-state index < -0.39 is 12.1 Å². The van der Waals surface area contributed by atoms with Gasteiger partial charge in [-0.2, -0.15) is 0 Å². The zero-order valence-corrected chi connectivity index (χ0v) is 13.9. The maximum absolute atomic E-state index is 12.3. The third-order valence-electron chi connectivity index (χ3n) is 4.57. The van der Waals surface area contributed by atoms with Crippen LogP contribution in [-0.4, -0.2) is 83.5 Å². The number of hydrogen-bond donors (Lipinski definition) is 2. The highest BCUT2D eigenvalue weighted by Crippen LogP contribution is 2.15. The second kappa shape index (κ2) is 7.62. The number of β-amino-alcohol motifs (C(OH)–C–C–N with tert-alkyl or cyclic N) is 1. The van der Waals surface area contributed by atoms with E-state index in [9.17, 15) is 19.5 Å². The Morgan fingerprint density at radius 2 is 1.80 bits per heavy atom. The first kappa shape index (κ1) is 17.4. The molecule has 0 radical (unpaired) electrons. The van der Waals surface area contributed by atoms with E-state index in [0.717, 1.165) is 10.5 Å². The van der Waals surface area contributed by atoms with Gasteiger partial charge in [0.1, 0.15) is 6.54 Å². The molecule has 0 saturated carbocycles. The molecular weight excluding hydrogens is 324 g/mol. The first-order valence-corrected chi connectivity index (χ1v) is 8.36. The lowest BCUT2D eigenvalue weighted by atomic mass is 10.1. The minimum Gasteiger partial charge on any atom is -0.387 e. The molecule has 0 unspecified atom stereocenters. The third kappa shape index (κ3) is 4.15. The molecule has 0 aliphatic carbocycles. The average molecular weight is 346 g/mol. The molecule has 0 aromatic heterocycles. The van der Waals surface area contributed by atoms with Crippen molar-refractivity contribution in [1.82, 2.24) is 20.0 Å². The van der Waals surface area contributed by atoms with Gasteiger partial charge in [-0.3, -0.25) is 19.4 Å². The molecule has 8 nitrogen and oxygen atoms in total. The minimum absolute atomic E-state index is 0.0444. The Balaban J connectivity index is 1.46. The van der Waals surface area contributed by atoms with Gasteiger partial charge in [0.2, 0.25) is 5.91 Å². The van der Waals surface area contributed by atoms with Crippen LogP contribution in [0.2, 0.25) is 0 Å². The van der Waals surface area contributed by atoms with Gasteiger partial charge in [-0.25, -0.2) is 4.79 Å². The fourth-order valence-electron chi connectivity index (χ4n) is 3.06. The second-order valence-electron chi connectivity index (χ2n) is 6.25. The molecular formula is C17H22N4O4. The molecule has 2 aliphatic heterocycles. The summed E-state index contributed by atoms with van der Waals surface area (Å²) in [7, 11) is 0. The highest BCUT2D eigenvalue weighted by Gasteiger charge is 2.32. The Kier molecular flexibility index (Phi) is 5.30. The van der Waals surface area contributed by atoms with Gasteiger partial charge < -0.3 is 15.3 Å². The van der Waals surface area contributed by atoms with E-state index in [-0.39, 0.29) is 24.9 Å². The van der Waals surface area contributed by atoms with Crippen molar-refractivity contribution in [3.63, 3.8) is 0 Å². The Morgan fingerprint density at radius 1 is 1.12 bits per heavy atom. The van der Waals surface area contributed by atoms with Crippen LogP contribution in [-0.2, 0) is 9.59 Å². The first-order valence-electron chi connectivity index (χ1n) is 8.36. The van der Waals surface area contributed by atoms with Crippen molar-refractivity contribution in [2.45, 2.75) is 6.10 Å². The molecule has 4 amide bonds. The molecule has 0 bridgehead atoms. The maximum atomic E-state index is 12.3. The van der Waals surface area contributed by atoms with Gasteiger partial charge in [0.25, 0.3) is 5.91 Å². The molecule has 1 aromatic rings. The van der Waals surface area contributed by atoms with Crippen LogP contribution in [0.5, 0.6) is 0 Å². The summed E-state index contributed by atoms with van der Waals surface area (Å²) >= 11 is 0. The highest BCUT2D eigenvalue weighted by molar-refractivity contribution is 6.04. The van der Waals surface area contributed by atoms with E-state index in [1.165, 1.54) is 0 Å². The van der Waals surface area contributed by atoms with Gasteiger partial charge >= 0.3 is 6.03 Å². The van der Waals surface area contributed by atoms with Gasteiger partial charge in [0, 0.05) is 32.7 Å². The summed E-state index contributed by atoms with van der Waals surface area (Å²) in [6.07, 6.45) is -0.561. The van der Waals surface area contributed by atoms with E-state index in [1.807, 2.05) is 30.3 Å². The predicted octanol–water partition coefficient (Wildman–Crippen LogP) is -0.584. The zero-order chi connectivity index (χ0) is 17.8. The fourth-order valence-corrected chi connectivity index (χ4v) is 3.06. The maximum Gasteiger partial charge on any atom is 0.325 e. The standard InChI is InChI=1S/C17H22N4O4/c22-14(13-4-2-1-3-5-13)11-19-6-8-20(9-7-19)16(24)12-21-15(23)10-18-17(21)25/h1-5,14,22H,6-12H2,(H,18,25)/t14-/m0/s1. The number of nitrogens with zero attached hydrogens (tertiary/aromatic N) is 3. The van der Waals surface area contributed by atoms with E-state index in [1.54, 1.807) is 4.90 Å². The van der Waals surface area contributed by atoms with Crippen LogP contribution < -0.4 is 5.32 Å². The lowest BCUT2D eigenvalue weighted by Crippen LogP contribution is -2.52. The number of aliphatic hydroxyl groups is 1. The number of imide groups is 1.